The molecule has 0 aliphatic heterocycles. The number of carbonyl (C=O) groups excluding carboxylic acids is 2. The molecule has 0 saturated carbocycles. The molecule has 0 fully saturated rings. The first-order valence-electron chi connectivity index (χ1n) is 5.89. The second kappa shape index (κ2) is 6.81. The largest absolute Gasteiger partial charge is 0.345 e. The average molecular weight is 397 g/mol. The third-order valence-corrected chi connectivity index (χ3v) is 3.83. The van der Waals surface area contributed by atoms with Gasteiger partial charge in [0.1, 0.15) is 0 Å². The second-order valence-electron chi connectivity index (χ2n) is 4.10. The molecule has 2 rings (SSSR count). The molecule has 20 heavy (non-hydrogen) atoms. The SMILES string of the molecule is O=C(CNC(=O)c1ccc(Br)cc1Br)c1ccccc1. The summed E-state index contributed by atoms with van der Waals surface area (Å²) in [6.45, 7) is -0.0225. The summed E-state index contributed by atoms with van der Waals surface area (Å²) in [5, 5.41) is 2.62. The fraction of sp³-hybridized carbons (Fsp3) is 0.0667. The van der Waals surface area contributed by atoms with Crippen molar-refractivity contribution in [2.75, 3.05) is 6.54 Å². The molecule has 1 amide bonds. The van der Waals surface area contributed by atoms with E-state index in [1.807, 2.05) is 6.07 Å². The van der Waals surface area contributed by atoms with E-state index < -0.39 is 0 Å². The average Bonchev–Trinajstić information content (AvgIpc) is 2.45. The van der Waals surface area contributed by atoms with E-state index in [4.69, 9.17) is 0 Å². The standard InChI is InChI=1S/C15H11Br2NO2/c16-11-6-7-12(13(17)8-11)15(20)18-9-14(19)10-4-2-1-3-5-10/h1-8H,9H2,(H,18,20). The Kier molecular flexibility index (Phi) is 5.09. The van der Waals surface area contributed by atoms with Crippen LogP contribution in [-0.2, 0) is 0 Å². The first-order chi connectivity index (χ1) is 9.58. The van der Waals surface area contributed by atoms with Gasteiger partial charge in [-0.1, -0.05) is 46.3 Å². The molecule has 1 N–H and O–H groups in total. The van der Waals surface area contributed by atoms with Crippen LogP contribution in [0.1, 0.15) is 20.7 Å². The molecule has 0 radical (unpaired) electrons. The third-order valence-electron chi connectivity index (χ3n) is 2.68. The van der Waals surface area contributed by atoms with Gasteiger partial charge in [-0.05, 0) is 34.1 Å². The normalized spacial score (nSPS) is 10.1. The van der Waals surface area contributed by atoms with Crippen LogP contribution in [-0.4, -0.2) is 18.2 Å². The van der Waals surface area contributed by atoms with Gasteiger partial charge in [0.15, 0.2) is 5.78 Å². The fourth-order valence-corrected chi connectivity index (χ4v) is 2.88. The van der Waals surface area contributed by atoms with Gasteiger partial charge in [-0.3, -0.25) is 9.59 Å². The molecule has 2 aromatic carbocycles. The number of hydrogen-bond donors (Lipinski definition) is 1. The summed E-state index contributed by atoms with van der Waals surface area (Å²) in [4.78, 5) is 23.9. The maximum absolute atomic E-state index is 12.0. The Morgan fingerprint density at radius 1 is 1.00 bits per heavy atom. The van der Waals surface area contributed by atoms with E-state index in [0.29, 0.717) is 15.6 Å². The van der Waals surface area contributed by atoms with E-state index in [1.165, 1.54) is 0 Å². The molecule has 0 spiro atoms. The van der Waals surface area contributed by atoms with Crippen molar-refractivity contribution in [1.29, 1.82) is 0 Å². The van der Waals surface area contributed by atoms with Gasteiger partial charge in [0.2, 0.25) is 0 Å². The lowest BCUT2D eigenvalue weighted by atomic mass is 10.1. The molecule has 0 atom stereocenters. The van der Waals surface area contributed by atoms with Crippen LogP contribution in [0.25, 0.3) is 0 Å². The summed E-state index contributed by atoms with van der Waals surface area (Å²) >= 11 is 6.65. The number of carbonyl (C=O) groups is 2. The van der Waals surface area contributed by atoms with Crippen LogP contribution >= 0.6 is 31.9 Å². The smallest absolute Gasteiger partial charge is 0.252 e. The predicted octanol–water partition coefficient (Wildman–Crippen LogP) is 3.82. The highest BCUT2D eigenvalue weighted by Gasteiger charge is 2.12. The molecule has 0 aromatic heterocycles. The van der Waals surface area contributed by atoms with Crippen LogP contribution in [0, 0.1) is 0 Å². The van der Waals surface area contributed by atoms with Crippen molar-refractivity contribution in [2.24, 2.45) is 0 Å². The van der Waals surface area contributed by atoms with Gasteiger partial charge in [0.05, 0.1) is 12.1 Å². The molecule has 0 heterocycles. The monoisotopic (exact) mass is 395 g/mol. The van der Waals surface area contributed by atoms with Gasteiger partial charge in [-0.2, -0.15) is 0 Å². The fourth-order valence-electron chi connectivity index (χ4n) is 1.66. The lowest BCUT2D eigenvalue weighted by molar-refractivity contribution is 0.0903. The van der Waals surface area contributed by atoms with Gasteiger partial charge in [0.25, 0.3) is 5.91 Å². The van der Waals surface area contributed by atoms with E-state index >= 15 is 0 Å². The Bertz CT molecular complexity index is 642. The lowest BCUT2D eigenvalue weighted by Gasteiger charge is -2.07. The van der Waals surface area contributed by atoms with Crippen molar-refractivity contribution in [3.8, 4) is 0 Å². The van der Waals surface area contributed by atoms with Crippen molar-refractivity contribution in [3.63, 3.8) is 0 Å². The van der Waals surface area contributed by atoms with Gasteiger partial charge in [0, 0.05) is 14.5 Å². The molecular weight excluding hydrogens is 386 g/mol. The number of amides is 1. The van der Waals surface area contributed by atoms with Crippen LogP contribution in [0.15, 0.2) is 57.5 Å². The second-order valence-corrected chi connectivity index (χ2v) is 5.87. The number of hydrogen-bond acceptors (Lipinski definition) is 2. The van der Waals surface area contributed by atoms with Crippen LogP contribution in [0.2, 0.25) is 0 Å². The Morgan fingerprint density at radius 2 is 1.70 bits per heavy atom. The predicted molar refractivity (Wildman–Crippen MR) is 84.9 cm³/mol. The van der Waals surface area contributed by atoms with E-state index in [1.54, 1.807) is 42.5 Å². The Hall–Kier alpha value is -1.46. The van der Waals surface area contributed by atoms with Gasteiger partial charge in [-0.25, -0.2) is 0 Å². The molecule has 0 unspecified atom stereocenters. The van der Waals surface area contributed by atoms with Crippen LogP contribution in [0.4, 0.5) is 0 Å². The molecule has 5 heteroatoms. The minimum absolute atomic E-state index is 0.0225. The number of rotatable bonds is 4. The summed E-state index contributed by atoms with van der Waals surface area (Å²) in [6.07, 6.45) is 0. The lowest BCUT2D eigenvalue weighted by Crippen LogP contribution is -2.29. The highest BCUT2D eigenvalue weighted by atomic mass is 79.9. The summed E-state index contributed by atoms with van der Waals surface area (Å²) < 4.78 is 1.55. The van der Waals surface area contributed by atoms with Crippen molar-refractivity contribution in [3.05, 3.63) is 68.6 Å². The Labute approximate surface area is 133 Å². The number of halogens is 2. The molecule has 102 valence electrons. The molecule has 0 aliphatic rings. The van der Waals surface area contributed by atoms with Crippen molar-refractivity contribution >= 4 is 43.6 Å². The summed E-state index contributed by atoms with van der Waals surface area (Å²) in [5.41, 5.74) is 1.08. The zero-order valence-electron chi connectivity index (χ0n) is 10.4. The van der Waals surface area contributed by atoms with Gasteiger partial charge < -0.3 is 5.32 Å². The molecule has 0 saturated heterocycles. The maximum atomic E-state index is 12.0. The third kappa shape index (κ3) is 3.77. The first-order valence-corrected chi connectivity index (χ1v) is 7.48. The van der Waals surface area contributed by atoms with E-state index in [0.717, 1.165) is 4.47 Å². The van der Waals surface area contributed by atoms with Crippen LogP contribution < -0.4 is 5.32 Å². The summed E-state index contributed by atoms with van der Waals surface area (Å²) in [6, 6.07) is 14.1. The van der Waals surface area contributed by atoms with Crippen molar-refractivity contribution < 1.29 is 9.59 Å². The van der Waals surface area contributed by atoms with Crippen molar-refractivity contribution in [2.45, 2.75) is 0 Å². The van der Waals surface area contributed by atoms with E-state index in [-0.39, 0.29) is 18.2 Å². The quantitative estimate of drug-likeness (QED) is 0.798. The first kappa shape index (κ1) is 14.9. The molecule has 0 aliphatic carbocycles. The van der Waals surface area contributed by atoms with E-state index in [2.05, 4.69) is 37.2 Å². The Morgan fingerprint density at radius 3 is 2.35 bits per heavy atom. The summed E-state index contributed by atoms with van der Waals surface area (Å²) in [5.74, 6) is -0.402. The number of nitrogens with one attached hydrogen (secondary N) is 1. The highest BCUT2D eigenvalue weighted by Crippen LogP contribution is 2.21. The number of benzene rings is 2. The minimum Gasteiger partial charge on any atom is -0.345 e. The highest BCUT2D eigenvalue weighted by molar-refractivity contribution is 9.11. The summed E-state index contributed by atoms with van der Waals surface area (Å²) in [7, 11) is 0. The minimum atomic E-state index is -0.284. The maximum Gasteiger partial charge on any atom is 0.252 e. The van der Waals surface area contributed by atoms with Crippen molar-refractivity contribution in [1.82, 2.24) is 5.32 Å². The zero-order valence-corrected chi connectivity index (χ0v) is 13.6. The molecule has 3 nitrogen and oxygen atoms in total. The molecule has 2 aromatic rings. The number of Topliss-reactive ketones (excluding diaryl/α,β-unsaturated/α-hetero) is 1. The van der Waals surface area contributed by atoms with Gasteiger partial charge in [-0.15, -0.1) is 0 Å². The van der Waals surface area contributed by atoms with Gasteiger partial charge >= 0.3 is 0 Å². The van der Waals surface area contributed by atoms with Crippen LogP contribution in [0.5, 0.6) is 0 Å². The van der Waals surface area contributed by atoms with Crippen LogP contribution in [0.3, 0.4) is 0 Å². The Balaban J connectivity index is 2.00. The number of ketones is 1. The molecule has 0 bridgehead atoms. The zero-order chi connectivity index (χ0) is 14.5. The van der Waals surface area contributed by atoms with E-state index in [9.17, 15) is 9.59 Å². The molecular formula is C15H11Br2NO2. The topological polar surface area (TPSA) is 46.2 Å².